The molecule has 7 nitrogen and oxygen atoms in total. The minimum absolute atomic E-state index is 0.118. The van der Waals surface area contributed by atoms with Crippen molar-refractivity contribution in [2.45, 2.75) is 19.6 Å². The van der Waals surface area contributed by atoms with Crippen LogP contribution in [0.15, 0.2) is 41.3 Å². The van der Waals surface area contributed by atoms with E-state index in [1.807, 2.05) is 0 Å². The highest BCUT2D eigenvalue weighted by atomic mass is 19.4. The van der Waals surface area contributed by atoms with Gasteiger partial charge < -0.3 is 14.6 Å². The number of ketones is 1. The number of nitrogens with one attached hydrogen (secondary N) is 1. The van der Waals surface area contributed by atoms with Crippen molar-refractivity contribution in [1.82, 2.24) is 4.57 Å². The highest BCUT2D eigenvalue weighted by molar-refractivity contribution is 5.99. The van der Waals surface area contributed by atoms with Gasteiger partial charge in [0.15, 0.2) is 6.61 Å². The first kappa shape index (κ1) is 21.8. The predicted molar refractivity (Wildman–Crippen MR) is 91.7 cm³/mol. The van der Waals surface area contributed by atoms with Gasteiger partial charge in [0.05, 0.1) is 11.1 Å². The summed E-state index contributed by atoms with van der Waals surface area (Å²) in [6.45, 7) is -0.533. The Morgan fingerprint density at radius 2 is 1.83 bits per heavy atom. The Balaban J connectivity index is 2.02. The van der Waals surface area contributed by atoms with E-state index in [0.29, 0.717) is 22.9 Å². The lowest BCUT2D eigenvalue weighted by atomic mass is 10.1. The molecule has 1 amide bonds. The van der Waals surface area contributed by atoms with Crippen LogP contribution in [0.2, 0.25) is 0 Å². The van der Waals surface area contributed by atoms with E-state index in [9.17, 15) is 36.7 Å². The molecule has 0 aliphatic rings. The molecule has 0 saturated heterocycles. The molecule has 154 valence electrons. The molecular formula is C18H14F4N2O5. The number of amides is 1. The molecule has 1 aromatic heterocycles. The van der Waals surface area contributed by atoms with E-state index in [1.165, 1.54) is 13.0 Å². The maximum absolute atomic E-state index is 14.0. The average Bonchev–Trinajstić information content (AvgIpc) is 2.60. The summed E-state index contributed by atoms with van der Waals surface area (Å²) < 4.78 is 57.1. The van der Waals surface area contributed by atoms with Gasteiger partial charge in [-0.25, -0.2) is 4.39 Å². The predicted octanol–water partition coefficient (Wildman–Crippen LogP) is 2.39. The third kappa shape index (κ3) is 5.99. The number of anilines is 1. The minimum atomic E-state index is -4.71. The fraction of sp³-hybridized carbons (Fsp3) is 0.222. The summed E-state index contributed by atoms with van der Waals surface area (Å²) in [6.07, 6.45) is -4.26. The van der Waals surface area contributed by atoms with Crippen molar-refractivity contribution in [3.05, 3.63) is 63.8 Å². The molecule has 0 spiro atoms. The smallest absolute Gasteiger partial charge is 0.417 e. The molecule has 0 aliphatic heterocycles. The molecule has 1 heterocycles. The van der Waals surface area contributed by atoms with Gasteiger partial charge in [-0.3, -0.25) is 19.2 Å². The zero-order valence-electron chi connectivity index (χ0n) is 14.9. The van der Waals surface area contributed by atoms with Crippen molar-refractivity contribution in [2.75, 3.05) is 11.9 Å². The number of Topliss-reactive ketones (excluding diaryl/α,β-unsaturated/α-hetero) is 1. The maximum Gasteiger partial charge on any atom is 0.417 e. The molecule has 2 aromatic rings. The SMILES string of the molecule is CC(=O)Nc1ccc(C(=O)COC(=O)Cn2cc(C(F)(F)F)ccc2=O)c(F)c1. The summed E-state index contributed by atoms with van der Waals surface area (Å²) in [5.41, 5.74) is -2.31. The normalized spacial score (nSPS) is 11.1. The summed E-state index contributed by atoms with van der Waals surface area (Å²) in [5.74, 6) is -3.48. The van der Waals surface area contributed by atoms with Crippen LogP contribution < -0.4 is 10.9 Å². The van der Waals surface area contributed by atoms with Gasteiger partial charge in [0.2, 0.25) is 11.7 Å². The Morgan fingerprint density at radius 3 is 2.41 bits per heavy atom. The third-order valence-corrected chi connectivity index (χ3v) is 3.56. The molecule has 0 unspecified atom stereocenters. The minimum Gasteiger partial charge on any atom is -0.456 e. The van der Waals surface area contributed by atoms with Crippen molar-refractivity contribution in [2.24, 2.45) is 0 Å². The fourth-order valence-electron chi connectivity index (χ4n) is 2.25. The van der Waals surface area contributed by atoms with Gasteiger partial charge in [0.1, 0.15) is 12.4 Å². The van der Waals surface area contributed by atoms with E-state index in [0.717, 1.165) is 12.1 Å². The van der Waals surface area contributed by atoms with Crippen LogP contribution >= 0.6 is 0 Å². The second kappa shape index (κ2) is 8.67. The number of pyridine rings is 1. The highest BCUT2D eigenvalue weighted by Gasteiger charge is 2.31. The number of rotatable bonds is 6. The van der Waals surface area contributed by atoms with Crippen LogP contribution in [0.4, 0.5) is 23.2 Å². The summed E-state index contributed by atoms with van der Waals surface area (Å²) in [7, 11) is 0. The molecule has 0 radical (unpaired) electrons. The zero-order valence-corrected chi connectivity index (χ0v) is 14.9. The summed E-state index contributed by atoms with van der Waals surface area (Å²) in [4.78, 5) is 46.3. The number of hydrogen-bond donors (Lipinski definition) is 1. The number of nitrogens with zero attached hydrogens (tertiary/aromatic N) is 1. The third-order valence-electron chi connectivity index (χ3n) is 3.56. The first-order valence-electron chi connectivity index (χ1n) is 8.01. The van der Waals surface area contributed by atoms with E-state index in [1.54, 1.807) is 0 Å². The quantitative estimate of drug-likeness (QED) is 0.445. The number of benzene rings is 1. The molecule has 11 heteroatoms. The topological polar surface area (TPSA) is 94.5 Å². The second-order valence-electron chi connectivity index (χ2n) is 5.84. The number of halogens is 4. The van der Waals surface area contributed by atoms with Gasteiger partial charge >= 0.3 is 12.1 Å². The van der Waals surface area contributed by atoms with Gasteiger partial charge in [-0.2, -0.15) is 13.2 Å². The van der Waals surface area contributed by atoms with Crippen molar-refractivity contribution < 1.29 is 36.7 Å². The number of esters is 1. The monoisotopic (exact) mass is 414 g/mol. The van der Waals surface area contributed by atoms with Crippen LogP contribution in [0.25, 0.3) is 0 Å². The van der Waals surface area contributed by atoms with Crippen LogP contribution in [-0.4, -0.2) is 28.8 Å². The number of hydrogen-bond acceptors (Lipinski definition) is 5. The zero-order chi connectivity index (χ0) is 21.8. The van der Waals surface area contributed by atoms with Crippen LogP contribution in [0, 0.1) is 5.82 Å². The van der Waals surface area contributed by atoms with Crippen molar-refractivity contribution in [3.8, 4) is 0 Å². The first-order chi connectivity index (χ1) is 13.5. The number of carbonyl (C=O) groups is 3. The Hall–Kier alpha value is -3.50. The van der Waals surface area contributed by atoms with E-state index in [2.05, 4.69) is 10.1 Å². The van der Waals surface area contributed by atoms with Crippen molar-refractivity contribution in [3.63, 3.8) is 0 Å². The number of ether oxygens (including phenoxy) is 1. The molecule has 0 saturated carbocycles. The Kier molecular flexibility index (Phi) is 6.52. The molecule has 1 N–H and O–H groups in total. The van der Waals surface area contributed by atoms with Crippen LogP contribution in [0.3, 0.4) is 0 Å². The molecular weight excluding hydrogens is 400 g/mol. The van der Waals surface area contributed by atoms with Crippen LogP contribution in [-0.2, 0) is 27.0 Å². The maximum atomic E-state index is 14.0. The Morgan fingerprint density at radius 1 is 1.14 bits per heavy atom. The molecule has 0 fully saturated rings. The number of aromatic nitrogens is 1. The summed E-state index contributed by atoms with van der Waals surface area (Å²) in [6, 6.07) is 4.46. The molecule has 2 rings (SSSR count). The lowest BCUT2D eigenvalue weighted by Crippen LogP contribution is -2.27. The van der Waals surface area contributed by atoms with Crippen LogP contribution in [0.1, 0.15) is 22.8 Å². The van der Waals surface area contributed by atoms with E-state index in [-0.39, 0.29) is 5.69 Å². The van der Waals surface area contributed by atoms with Crippen LogP contribution in [0.5, 0.6) is 0 Å². The summed E-state index contributed by atoms with van der Waals surface area (Å²) >= 11 is 0. The highest BCUT2D eigenvalue weighted by Crippen LogP contribution is 2.28. The largest absolute Gasteiger partial charge is 0.456 e. The second-order valence-corrected chi connectivity index (χ2v) is 5.84. The van der Waals surface area contributed by atoms with Gasteiger partial charge in [0.25, 0.3) is 5.56 Å². The average molecular weight is 414 g/mol. The standard InChI is InChI=1S/C18H14F4N2O5/c1-10(25)23-12-3-4-13(14(19)6-12)15(26)9-29-17(28)8-24-7-11(18(20,21)22)2-5-16(24)27/h2-7H,8-9H2,1H3,(H,23,25). The van der Waals surface area contributed by atoms with Gasteiger partial charge in [-0.15, -0.1) is 0 Å². The van der Waals surface area contributed by atoms with E-state index >= 15 is 0 Å². The van der Waals surface area contributed by atoms with Gasteiger partial charge in [-0.05, 0) is 24.3 Å². The lowest BCUT2D eigenvalue weighted by Gasteiger charge is -2.11. The lowest BCUT2D eigenvalue weighted by molar-refractivity contribution is -0.144. The molecule has 0 atom stereocenters. The van der Waals surface area contributed by atoms with Crippen molar-refractivity contribution in [1.29, 1.82) is 0 Å². The summed E-state index contributed by atoms with van der Waals surface area (Å²) in [5, 5.41) is 2.32. The Bertz CT molecular complexity index is 1010. The first-order valence-corrected chi connectivity index (χ1v) is 8.01. The molecule has 29 heavy (non-hydrogen) atoms. The molecule has 1 aromatic carbocycles. The number of alkyl halides is 3. The Labute approximate surface area is 160 Å². The van der Waals surface area contributed by atoms with Gasteiger partial charge in [-0.1, -0.05) is 0 Å². The molecule has 0 aliphatic carbocycles. The van der Waals surface area contributed by atoms with E-state index in [4.69, 9.17) is 0 Å². The van der Waals surface area contributed by atoms with Gasteiger partial charge in [0, 0.05) is 24.9 Å². The van der Waals surface area contributed by atoms with E-state index < -0.39 is 59.5 Å². The fourth-order valence-corrected chi connectivity index (χ4v) is 2.25. The van der Waals surface area contributed by atoms with Crippen molar-refractivity contribution >= 4 is 23.3 Å². The number of carbonyl (C=O) groups excluding carboxylic acids is 3. The molecule has 0 bridgehead atoms.